The van der Waals surface area contributed by atoms with E-state index in [1.807, 2.05) is 0 Å². The van der Waals surface area contributed by atoms with Gasteiger partial charge in [-0.1, -0.05) is 35.6 Å². The summed E-state index contributed by atoms with van der Waals surface area (Å²) in [6.45, 7) is 2.09. The van der Waals surface area contributed by atoms with Crippen molar-refractivity contribution in [2.24, 2.45) is 0 Å². The molecule has 0 saturated carbocycles. The molecule has 9 heteroatoms. The van der Waals surface area contributed by atoms with Crippen molar-refractivity contribution in [1.29, 1.82) is 0 Å². The highest BCUT2D eigenvalue weighted by atomic mass is 32.1. The Morgan fingerprint density at radius 3 is 2.69 bits per heavy atom. The number of aromatic nitrogens is 2. The summed E-state index contributed by atoms with van der Waals surface area (Å²) in [4.78, 5) is 33.1. The molecule has 0 saturated heterocycles. The third-order valence-corrected chi connectivity index (χ3v) is 6.24. The summed E-state index contributed by atoms with van der Waals surface area (Å²) < 4.78 is 4.91. The Balaban J connectivity index is 1.32. The van der Waals surface area contributed by atoms with Crippen molar-refractivity contribution in [2.45, 2.75) is 32.2 Å². The van der Waals surface area contributed by atoms with Crippen molar-refractivity contribution in [2.75, 3.05) is 17.2 Å². The van der Waals surface area contributed by atoms with Crippen LogP contribution >= 0.6 is 22.7 Å². The van der Waals surface area contributed by atoms with E-state index in [4.69, 9.17) is 4.74 Å². The molecule has 29 heavy (non-hydrogen) atoms. The first-order chi connectivity index (χ1) is 14.1. The molecule has 1 aliphatic rings. The molecule has 0 fully saturated rings. The van der Waals surface area contributed by atoms with Gasteiger partial charge < -0.3 is 10.1 Å². The van der Waals surface area contributed by atoms with Crippen LogP contribution in [0.15, 0.2) is 35.8 Å². The van der Waals surface area contributed by atoms with Crippen molar-refractivity contribution in [3.63, 3.8) is 0 Å². The minimum Gasteiger partial charge on any atom is -0.466 e. The number of rotatable bonds is 7. The van der Waals surface area contributed by atoms with E-state index in [0.717, 1.165) is 18.0 Å². The van der Waals surface area contributed by atoms with Gasteiger partial charge in [0.25, 0.3) is 5.91 Å². The molecule has 2 heterocycles. The van der Waals surface area contributed by atoms with Gasteiger partial charge in [0, 0.05) is 11.4 Å². The summed E-state index contributed by atoms with van der Waals surface area (Å²) >= 11 is 2.59. The van der Waals surface area contributed by atoms with Crippen molar-refractivity contribution < 1.29 is 14.3 Å². The highest BCUT2D eigenvalue weighted by Gasteiger charge is 2.22. The zero-order valence-corrected chi connectivity index (χ0v) is 17.4. The predicted octanol–water partition coefficient (Wildman–Crippen LogP) is 3.54. The molecule has 2 aromatic heterocycles. The van der Waals surface area contributed by atoms with Crippen molar-refractivity contribution in [3.05, 3.63) is 57.5 Å². The predicted molar refractivity (Wildman–Crippen MR) is 114 cm³/mol. The number of benzene rings is 1. The van der Waals surface area contributed by atoms with Crippen LogP contribution in [0.5, 0.6) is 0 Å². The maximum atomic E-state index is 12.5. The number of fused-ring (bicyclic) bond motifs is 1. The summed E-state index contributed by atoms with van der Waals surface area (Å²) in [5.41, 5.74) is 3.31. The number of nitrogens with one attached hydrogen (secondary N) is 2. The number of hydrogen-bond acceptors (Lipinski definition) is 8. The van der Waals surface area contributed by atoms with Gasteiger partial charge in [-0.2, -0.15) is 0 Å². The van der Waals surface area contributed by atoms with Gasteiger partial charge in [-0.25, -0.2) is 9.97 Å². The second-order valence-corrected chi connectivity index (χ2v) is 8.52. The molecular formula is C20H20N4O3S2. The third-order valence-electron chi connectivity index (χ3n) is 4.51. The van der Waals surface area contributed by atoms with E-state index in [-0.39, 0.29) is 18.3 Å². The Morgan fingerprint density at radius 2 is 1.97 bits per heavy atom. The van der Waals surface area contributed by atoms with Gasteiger partial charge in [-0.05, 0) is 30.9 Å². The van der Waals surface area contributed by atoms with Crippen LogP contribution in [0, 0.1) is 0 Å². The molecule has 3 aromatic rings. The fraction of sp³-hybridized carbons (Fsp3) is 0.300. The Morgan fingerprint density at radius 1 is 1.21 bits per heavy atom. The number of ether oxygens (including phenoxy) is 1. The van der Waals surface area contributed by atoms with E-state index in [1.54, 1.807) is 18.5 Å². The standard InChI is InChI=1S/C20H20N4O3S2/c1-2-27-17(25)9-15-11-28-20(23-15)24-18(26)16-10-21-19(29-16)22-14-7-12-5-3-4-6-13(12)8-14/h3-6,10-11,14H,2,7-9H2,1H3,(H,21,22)(H,23,24,26). The van der Waals surface area contributed by atoms with Gasteiger partial charge in [-0.15, -0.1) is 11.3 Å². The van der Waals surface area contributed by atoms with Crippen molar-refractivity contribution >= 4 is 44.8 Å². The number of hydrogen-bond donors (Lipinski definition) is 2. The number of nitrogens with zero attached hydrogens (tertiary/aromatic N) is 2. The van der Waals surface area contributed by atoms with Gasteiger partial charge in [-0.3, -0.25) is 14.9 Å². The molecule has 1 aromatic carbocycles. The normalized spacial score (nSPS) is 13.1. The van der Waals surface area contributed by atoms with E-state index in [1.165, 1.54) is 33.8 Å². The lowest BCUT2D eigenvalue weighted by Crippen LogP contribution is -2.19. The van der Waals surface area contributed by atoms with E-state index in [0.29, 0.717) is 28.4 Å². The van der Waals surface area contributed by atoms with Crippen LogP contribution < -0.4 is 10.6 Å². The van der Waals surface area contributed by atoms with Crippen molar-refractivity contribution in [1.82, 2.24) is 9.97 Å². The smallest absolute Gasteiger partial charge is 0.311 e. The zero-order chi connectivity index (χ0) is 20.2. The summed E-state index contributed by atoms with van der Waals surface area (Å²) in [7, 11) is 0. The molecule has 0 unspecified atom stereocenters. The third kappa shape index (κ3) is 4.80. The largest absolute Gasteiger partial charge is 0.466 e. The molecule has 0 spiro atoms. The molecule has 1 aliphatic carbocycles. The van der Waals surface area contributed by atoms with Crippen LogP contribution in [0.25, 0.3) is 0 Å². The van der Waals surface area contributed by atoms with Crippen LogP contribution in [0.4, 0.5) is 10.3 Å². The Hall–Kier alpha value is -2.78. The molecule has 1 amide bonds. The SMILES string of the molecule is CCOC(=O)Cc1csc(NC(=O)c2cnc(NC3Cc4ccccc4C3)s2)n1. The van der Waals surface area contributed by atoms with Gasteiger partial charge in [0.2, 0.25) is 0 Å². The van der Waals surface area contributed by atoms with Gasteiger partial charge in [0.15, 0.2) is 10.3 Å². The lowest BCUT2D eigenvalue weighted by atomic mass is 10.1. The number of carbonyl (C=O) groups is 2. The molecular weight excluding hydrogens is 408 g/mol. The lowest BCUT2D eigenvalue weighted by molar-refractivity contribution is -0.142. The number of thiazole rings is 2. The Labute approximate surface area is 176 Å². The van der Waals surface area contributed by atoms with Crippen LogP contribution in [0.2, 0.25) is 0 Å². The molecule has 4 rings (SSSR count). The Kier molecular flexibility index (Phi) is 5.86. The summed E-state index contributed by atoms with van der Waals surface area (Å²) in [6.07, 6.45) is 3.58. The second kappa shape index (κ2) is 8.71. The number of amides is 1. The number of esters is 1. The van der Waals surface area contributed by atoms with Gasteiger partial charge in [0.1, 0.15) is 4.88 Å². The first-order valence-corrected chi connectivity index (χ1v) is 11.0. The minimum atomic E-state index is -0.331. The minimum absolute atomic E-state index is 0.0958. The Bertz CT molecular complexity index is 1010. The van der Waals surface area contributed by atoms with E-state index in [9.17, 15) is 9.59 Å². The summed E-state index contributed by atoms with van der Waals surface area (Å²) in [6, 6.07) is 8.72. The average Bonchev–Trinajstić information content (AvgIpc) is 3.41. The highest BCUT2D eigenvalue weighted by molar-refractivity contribution is 7.17. The van der Waals surface area contributed by atoms with Crippen molar-refractivity contribution in [3.8, 4) is 0 Å². The second-order valence-electron chi connectivity index (χ2n) is 6.63. The van der Waals surface area contributed by atoms with Crippen LogP contribution in [-0.2, 0) is 28.8 Å². The summed E-state index contributed by atoms with van der Waals surface area (Å²) in [5, 5.41) is 9.11. The molecule has 150 valence electrons. The fourth-order valence-electron chi connectivity index (χ4n) is 3.25. The van der Waals surface area contributed by atoms with Crippen LogP contribution in [0.1, 0.15) is 33.4 Å². The topological polar surface area (TPSA) is 93.2 Å². The zero-order valence-electron chi connectivity index (χ0n) is 15.8. The quantitative estimate of drug-likeness (QED) is 0.559. The van der Waals surface area contributed by atoms with E-state index >= 15 is 0 Å². The van der Waals surface area contributed by atoms with Gasteiger partial charge >= 0.3 is 5.97 Å². The maximum Gasteiger partial charge on any atom is 0.311 e. The lowest BCUT2D eigenvalue weighted by Gasteiger charge is -2.09. The van der Waals surface area contributed by atoms with Crippen LogP contribution in [0.3, 0.4) is 0 Å². The maximum absolute atomic E-state index is 12.5. The van der Waals surface area contributed by atoms with E-state index in [2.05, 4.69) is 44.9 Å². The molecule has 7 nitrogen and oxygen atoms in total. The molecule has 0 atom stereocenters. The molecule has 0 aliphatic heterocycles. The first-order valence-electron chi connectivity index (χ1n) is 9.31. The molecule has 0 bridgehead atoms. The van der Waals surface area contributed by atoms with Gasteiger partial charge in [0.05, 0.1) is 24.9 Å². The summed E-state index contributed by atoms with van der Waals surface area (Å²) in [5.74, 6) is -0.592. The highest BCUT2D eigenvalue weighted by Crippen LogP contribution is 2.27. The first kappa shape index (κ1) is 19.5. The molecule has 2 N–H and O–H groups in total. The van der Waals surface area contributed by atoms with E-state index < -0.39 is 0 Å². The fourth-order valence-corrected chi connectivity index (χ4v) is 4.74. The average molecular weight is 429 g/mol. The number of anilines is 2. The molecule has 0 radical (unpaired) electrons. The monoisotopic (exact) mass is 428 g/mol. The van der Waals surface area contributed by atoms with Crippen LogP contribution in [-0.4, -0.2) is 34.5 Å². The number of carbonyl (C=O) groups excluding carboxylic acids is 2.